The summed E-state index contributed by atoms with van der Waals surface area (Å²) in [7, 11) is 0. The van der Waals surface area contributed by atoms with Crippen molar-refractivity contribution < 1.29 is 0 Å². The SMILES string of the molecule is CCCC(CC)c1ccc2c(c1)C(C)(C)CCC2(C)C. The molecule has 0 nitrogen and oxygen atoms in total. The van der Waals surface area contributed by atoms with E-state index in [0.717, 1.165) is 5.92 Å². The van der Waals surface area contributed by atoms with Crippen molar-refractivity contribution in [2.24, 2.45) is 0 Å². The van der Waals surface area contributed by atoms with Gasteiger partial charge in [0.15, 0.2) is 0 Å². The standard InChI is InChI=1S/C20H32/c1-7-9-15(8-2)16-10-11-17-18(14-16)20(5,6)13-12-19(17,3)4/h10-11,14-15H,7-9,12-13H2,1-6H3. The number of hydrogen-bond acceptors (Lipinski definition) is 0. The van der Waals surface area contributed by atoms with Crippen LogP contribution in [0.1, 0.15) is 96.3 Å². The van der Waals surface area contributed by atoms with Crippen molar-refractivity contribution in [1.82, 2.24) is 0 Å². The molecule has 2 rings (SSSR count). The predicted molar refractivity (Wildman–Crippen MR) is 89.7 cm³/mol. The first-order valence-electron chi connectivity index (χ1n) is 8.46. The van der Waals surface area contributed by atoms with Gasteiger partial charge < -0.3 is 0 Å². The molecule has 1 aliphatic carbocycles. The predicted octanol–water partition coefficient (Wildman–Crippen LogP) is 6.33. The summed E-state index contributed by atoms with van der Waals surface area (Å²) in [5.74, 6) is 0.742. The van der Waals surface area contributed by atoms with Gasteiger partial charge in [-0.25, -0.2) is 0 Å². The third kappa shape index (κ3) is 2.80. The van der Waals surface area contributed by atoms with Gasteiger partial charge in [-0.2, -0.15) is 0 Å². The number of benzene rings is 1. The zero-order chi connectivity index (χ0) is 15.0. The Balaban J connectivity index is 2.48. The van der Waals surface area contributed by atoms with Crippen molar-refractivity contribution in [2.75, 3.05) is 0 Å². The van der Waals surface area contributed by atoms with Gasteiger partial charge in [-0.05, 0) is 59.1 Å². The monoisotopic (exact) mass is 272 g/mol. The highest BCUT2D eigenvalue weighted by Gasteiger charge is 2.37. The zero-order valence-electron chi connectivity index (χ0n) is 14.3. The first-order chi connectivity index (χ1) is 9.31. The Labute approximate surface area is 126 Å². The van der Waals surface area contributed by atoms with Crippen molar-refractivity contribution in [1.29, 1.82) is 0 Å². The van der Waals surface area contributed by atoms with E-state index in [9.17, 15) is 0 Å². The number of fused-ring (bicyclic) bond motifs is 1. The first kappa shape index (κ1) is 15.6. The summed E-state index contributed by atoms with van der Waals surface area (Å²) in [6.45, 7) is 14.3. The highest BCUT2D eigenvalue weighted by atomic mass is 14.4. The molecule has 0 aromatic heterocycles. The van der Waals surface area contributed by atoms with Crippen LogP contribution in [0.4, 0.5) is 0 Å². The molecule has 1 aromatic rings. The second-order valence-electron chi connectivity index (χ2n) is 7.97. The van der Waals surface area contributed by atoms with E-state index < -0.39 is 0 Å². The van der Waals surface area contributed by atoms with E-state index in [4.69, 9.17) is 0 Å². The fourth-order valence-electron chi connectivity index (χ4n) is 3.82. The van der Waals surface area contributed by atoms with E-state index in [-0.39, 0.29) is 0 Å². The van der Waals surface area contributed by atoms with Crippen LogP contribution in [0.5, 0.6) is 0 Å². The third-order valence-electron chi connectivity index (χ3n) is 5.48. The van der Waals surface area contributed by atoms with Crippen molar-refractivity contribution >= 4 is 0 Å². The van der Waals surface area contributed by atoms with Gasteiger partial charge in [-0.15, -0.1) is 0 Å². The first-order valence-corrected chi connectivity index (χ1v) is 8.46. The molecule has 0 bridgehead atoms. The maximum atomic E-state index is 2.54. The molecule has 0 aliphatic heterocycles. The maximum absolute atomic E-state index is 2.54. The average Bonchev–Trinajstić information content (AvgIpc) is 2.41. The van der Waals surface area contributed by atoms with Crippen molar-refractivity contribution in [2.45, 2.75) is 90.4 Å². The lowest BCUT2D eigenvalue weighted by Crippen LogP contribution is -2.34. The zero-order valence-corrected chi connectivity index (χ0v) is 14.3. The summed E-state index contributed by atoms with van der Waals surface area (Å²) >= 11 is 0. The lowest BCUT2D eigenvalue weighted by atomic mass is 9.62. The Kier molecular flexibility index (Phi) is 4.33. The van der Waals surface area contributed by atoms with E-state index in [1.54, 1.807) is 16.7 Å². The highest BCUT2D eigenvalue weighted by Crippen LogP contribution is 2.46. The second-order valence-corrected chi connectivity index (χ2v) is 7.97. The molecule has 0 fully saturated rings. The van der Waals surface area contributed by atoms with Crippen LogP contribution in [-0.4, -0.2) is 0 Å². The largest absolute Gasteiger partial charge is 0.0654 e. The Hall–Kier alpha value is -0.780. The molecule has 0 N–H and O–H groups in total. The molecular weight excluding hydrogens is 240 g/mol. The summed E-state index contributed by atoms with van der Waals surface area (Å²) < 4.78 is 0. The van der Waals surface area contributed by atoms with Crippen LogP contribution in [0.15, 0.2) is 18.2 Å². The minimum Gasteiger partial charge on any atom is -0.0654 e. The molecule has 0 amide bonds. The van der Waals surface area contributed by atoms with Gasteiger partial charge in [0.2, 0.25) is 0 Å². The van der Waals surface area contributed by atoms with E-state index in [1.807, 2.05) is 0 Å². The summed E-state index contributed by atoms with van der Waals surface area (Å²) in [4.78, 5) is 0. The van der Waals surface area contributed by atoms with E-state index in [2.05, 4.69) is 59.7 Å². The third-order valence-corrected chi connectivity index (χ3v) is 5.48. The van der Waals surface area contributed by atoms with Crippen molar-refractivity contribution in [3.63, 3.8) is 0 Å². The van der Waals surface area contributed by atoms with Crippen molar-refractivity contribution in [3.05, 3.63) is 34.9 Å². The maximum Gasteiger partial charge on any atom is -0.0100 e. The molecule has 0 heteroatoms. The molecule has 0 heterocycles. The fourth-order valence-corrected chi connectivity index (χ4v) is 3.82. The lowest BCUT2D eigenvalue weighted by Gasteiger charge is -2.42. The topological polar surface area (TPSA) is 0 Å². The summed E-state index contributed by atoms with van der Waals surface area (Å²) in [6, 6.07) is 7.38. The van der Waals surface area contributed by atoms with Crippen LogP contribution in [-0.2, 0) is 10.8 Å². The van der Waals surface area contributed by atoms with Gasteiger partial charge in [0, 0.05) is 0 Å². The molecule has 1 atom stereocenters. The van der Waals surface area contributed by atoms with Gasteiger partial charge in [0.25, 0.3) is 0 Å². The molecular formula is C20H32. The molecule has 0 saturated heterocycles. The van der Waals surface area contributed by atoms with E-state index in [0.29, 0.717) is 10.8 Å². The average molecular weight is 272 g/mol. The summed E-state index contributed by atoms with van der Waals surface area (Å²) in [6.07, 6.45) is 6.47. The van der Waals surface area contributed by atoms with Crippen LogP contribution in [0.2, 0.25) is 0 Å². The molecule has 1 unspecified atom stereocenters. The van der Waals surface area contributed by atoms with Crippen LogP contribution in [0, 0.1) is 0 Å². The molecule has 1 aromatic carbocycles. The Bertz CT molecular complexity index is 465. The molecule has 0 spiro atoms. The Morgan fingerprint density at radius 3 is 2.10 bits per heavy atom. The van der Waals surface area contributed by atoms with E-state index >= 15 is 0 Å². The minimum absolute atomic E-state index is 0.339. The molecule has 112 valence electrons. The minimum atomic E-state index is 0.339. The molecule has 0 saturated carbocycles. The van der Waals surface area contributed by atoms with Gasteiger partial charge >= 0.3 is 0 Å². The van der Waals surface area contributed by atoms with E-state index in [1.165, 1.54) is 32.1 Å². The Morgan fingerprint density at radius 2 is 1.55 bits per heavy atom. The summed E-state index contributed by atoms with van der Waals surface area (Å²) in [5, 5.41) is 0. The van der Waals surface area contributed by atoms with Crippen molar-refractivity contribution in [3.8, 4) is 0 Å². The van der Waals surface area contributed by atoms with Crippen LogP contribution in [0.25, 0.3) is 0 Å². The van der Waals surface area contributed by atoms with Crippen LogP contribution >= 0.6 is 0 Å². The smallest absolute Gasteiger partial charge is 0.0100 e. The summed E-state index contributed by atoms with van der Waals surface area (Å²) in [5.41, 5.74) is 5.45. The van der Waals surface area contributed by atoms with Gasteiger partial charge in [0.1, 0.15) is 0 Å². The normalized spacial score (nSPS) is 21.3. The fraction of sp³-hybridized carbons (Fsp3) is 0.700. The number of rotatable bonds is 4. The second kappa shape index (κ2) is 5.54. The van der Waals surface area contributed by atoms with Gasteiger partial charge in [0.05, 0.1) is 0 Å². The number of hydrogen-bond donors (Lipinski definition) is 0. The van der Waals surface area contributed by atoms with Crippen LogP contribution in [0.3, 0.4) is 0 Å². The van der Waals surface area contributed by atoms with Gasteiger partial charge in [-0.1, -0.05) is 66.2 Å². The highest BCUT2D eigenvalue weighted by molar-refractivity contribution is 5.44. The van der Waals surface area contributed by atoms with Gasteiger partial charge in [-0.3, -0.25) is 0 Å². The molecule has 0 radical (unpaired) electrons. The molecule has 1 aliphatic rings. The lowest BCUT2D eigenvalue weighted by molar-refractivity contribution is 0.331. The molecule has 20 heavy (non-hydrogen) atoms. The van der Waals surface area contributed by atoms with Crippen LogP contribution < -0.4 is 0 Å². The quantitative estimate of drug-likeness (QED) is 0.601. The Morgan fingerprint density at radius 1 is 0.950 bits per heavy atom.